The van der Waals surface area contributed by atoms with Crippen LogP contribution in [0.2, 0.25) is 0 Å². The van der Waals surface area contributed by atoms with Crippen LogP contribution < -0.4 is 5.32 Å². The van der Waals surface area contributed by atoms with E-state index < -0.39 is 16.9 Å². The monoisotopic (exact) mass is 391 g/mol. The molecule has 146 valence electrons. The van der Waals surface area contributed by atoms with Crippen molar-refractivity contribution in [3.05, 3.63) is 93.4 Å². The summed E-state index contributed by atoms with van der Waals surface area (Å²) in [5.41, 5.74) is 1.81. The van der Waals surface area contributed by atoms with Crippen molar-refractivity contribution in [1.82, 2.24) is 14.8 Å². The largest absolute Gasteiger partial charge is 0.457 e. The van der Waals surface area contributed by atoms with Gasteiger partial charge in [-0.1, -0.05) is 42.5 Å². The lowest BCUT2D eigenvalue weighted by Crippen LogP contribution is -2.30. The van der Waals surface area contributed by atoms with Gasteiger partial charge in [0.15, 0.2) is 0 Å². The number of anilines is 1. The van der Waals surface area contributed by atoms with Gasteiger partial charge >= 0.3 is 5.97 Å². The number of aromatic nitrogens is 3. The molecule has 1 aliphatic heterocycles. The van der Waals surface area contributed by atoms with Crippen LogP contribution in [0.25, 0.3) is 0 Å². The van der Waals surface area contributed by atoms with E-state index in [2.05, 4.69) is 15.4 Å². The number of rotatable bonds is 5. The second-order valence-electron chi connectivity index (χ2n) is 6.47. The molecule has 1 atom stereocenters. The zero-order valence-corrected chi connectivity index (χ0v) is 15.5. The molecule has 3 aromatic rings. The Hall–Kier alpha value is -4.01. The Morgan fingerprint density at radius 1 is 1.21 bits per heavy atom. The smallest absolute Gasteiger partial charge is 0.338 e. The number of nitrogens with one attached hydrogen (secondary N) is 1. The Balaban J connectivity index is 1.75. The summed E-state index contributed by atoms with van der Waals surface area (Å²) in [5.74, 6) is -0.187. The Morgan fingerprint density at radius 2 is 1.93 bits per heavy atom. The van der Waals surface area contributed by atoms with Crippen molar-refractivity contribution in [2.24, 2.45) is 0 Å². The number of hydrogen-bond donors (Lipinski definition) is 1. The summed E-state index contributed by atoms with van der Waals surface area (Å²) in [6.07, 6.45) is 1.33. The molecule has 0 radical (unpaired) electrons. The van der Waals surface area contributed by atoms with Gasteiger partial charge in [0.2, 0.25) is 5.95 Å². The molecule has 4 rings (SSSR count). The maximum Gasteiger partial charge on any atom is 0.338 e. The van der Waals surface area contributed by atoms with Crippen molar-refractivity contribution in [3.8, 4) is 0 Å². The predicted molar refractivity (Wildman–Crippen MR) is 104 cm³/mol. The number of nitro benzene ring substituents is 1. The van der Waals surface area contributed by atoms with Crippen LogP contribution in [-0.2, 0) is 16.1 Å². The van der Waals surface area contributed by atoms with E-state index in [0.29, 0.717) is 17.2 Å². The number of ether oxygens (including phenoxy) is 1. The van der Waals surface area contributed by atoms with E-state index in [1.807, 2.05) is 30.3 Å². The molecular weight excluding hydrogens is 374 g/mol. The van der Waals surface area contributed by atoms with E-state index in [4.69, 9.17) is 4.74 Å². The molecule has 29 heavy (non-hydrogen) atoms. The molecule has 0 saturated heterocycles. The van der Waals surface area contributed by atoms with E-state index in [1.54, 1.807) is 25.1 Å². The van der Waals surface area contributed by atoms with Gasteiger partial charge in [0.1, 0.15) is 19.0 Å². The number of nitro groups is 1. The quantitative estimate of drug-likeness (QED) is 0.404. The van der Waals surface area contributed by atoms with E-state index >= 15 is 0 Å². The third-order valence-corrected chi connectivity index (χ3v) is 4.66. The lowest BCUT2D eigenvalue weighted by atomic mass is 9.94. The van der Waals surface area contributed by atoms with Crippen LogP contribution in [-0.4, -0.2) is 25.7 Å². The van der Waals surface area contributed by atoms with Crippen molar-refractivity contribution >= 4 is 17.6 Å². The fourth-order valence-electron chi connectivity index (χ4n) is 3.33. The van der Waals surface area contributed by atoms with Crippen LogP contribution in [0.15, 0.2) is 72.2 Å². The second-order valence-corrected chi connectivity index (χ2v) is 6.47. The van der Waals surface area contributed by atoms with Crippen LogP contribution in [0, 0.1) is 10.1 Å². The van der Waals surface area contributed by atoms with Crippen LogP contribution in [0.4, 0.5) is 11.6 Å². The summed E-state index contributed by atoms with van der Waals surface area (Å²) in [6, 6.07) is 14.7. The summed E-state index contributed by atoms with van der Waals surface area (Å²) in [6.45, 7) is 1.79. The van der Waals surface area contributed by atoms with Crippen molar-refractivity contribution in [2.45, 2.75) is 19.6 Å². The molecule has 0 spiro atoms. The van der Waals surface area contributed by atoms with Gasteiger partial charge in [-0.05, 0) is 18.6 Å². The zero-order valence-electron chi connectivity index (χ0n) is 15.5. The highest BCUT2D eigenvalue weighted by Gasteiger charge is 2.37. The lowest BCUT2D eigenvalue weighted by Gasteiger charge is -2.28. The third kappa shape index (κ3) is 3.45. The average Bonchev–Trinajstić information content (AvgIpc) is 3.19. The molecule has 0 saturated carbocycles. The second kappa shape index (κ2) is 7.55. The standard InChI is InChI=1S/C20H17N5O4/c1-13-17(19(26)29-11-14-7-3-2-4-8-14)18(24-20(23-13)21-12-22-24)15-9-5-6-10-16(15)25(27)28/h2-10,12,18H,11H2,1H3,(H,21,22,23). The van der Waals surface area contributed by atoms with Crippen LogP contribution in [0.3, 0.4) is 0 Å². The Morgan fingerprint density at radius 3 is 2.69 bits per heavy atom. The van der Waals surface area contributed by atoms with Crippen LogP contribution in [0.1, 0.15) is 24.1 Å². The first kappa shape index (κ1) is 18.4. The number of fused-ring (bicyclic) bond motifs is 1. The van der Waals surface area contributed by atoms with E-state index in [9.17, 15) is 14.9 Å². The molecule has 1 aliphatic rings. The summed E-state index contributed by atoms with van der Waals surface area (Å²) in [4.78, 5) is 28.3. The minimum Gasteiger partial charge on any atom is -0.457 e. The normalized spacial score (nSPS) is 15.4. The Labute approximate surface area is 165 Å². The van der Waals surface area contributed by atoms with Gasteiger partial charge in [-0.2, -0.15) is 10.1 Å². The fraction of sp³-hybridized carbons (Fsp3) is 0.150. The van der Waals surface area contributed by atoms with Gasteiger partial charge in [-0.25, -0.2) is 9.48 Å². The van der Waals surface area contributed by atoms with Gasteiger partial charge in [0.05, 0.1) is 16.1 Å². The molecular formula is C20H17N5O4. The molecule has 1 aromatic heterocycles. The molecule has 9 nitrogen and oxygen atoms in total. The molecule has 0 bridgehead atoms. The van der Waals surface area contributed by atoms with Gasteiger partial charge in [-0.3, -0.25) is 10.1 Å². The molecule has 0 amide bonds. The highest BCUT2D eigenvalue weighted by molar-refractivity contribution is 5.92. The summed E-state index contributed by atoms with van der Waals surface area (Å²) >= 11 is 0. The zero-order chi connectivity index (χ0) is 20.4. The van der Waals surface area contributed by atoms with Crippen molar-refractivity contribution in [1.29, 1.82) is 0 Å². The maximum atomic E-state index is 13.0. The average molecular weight is 391 g/mol. The summed E-state index contributed by atoms with van der Waals surface area (Å²) < 4.78 is 6.97. The van der Waals surface area contributed by atoms with Gasteiger partial charge in [0, 0.05) is 11.8 Å². The number of carbonyl (C=O) groups is 1. The highest BCUT2D eigenvalue weighted by atomic mass is 16.6. The number of hydrogen-bond acceptors (Lipinski definition) is 7. The van der Waals surface area contributed by atoms with Crippen molar-refractivity contribution in [3.63, 3.8) is 0 Å². The minimum atomic E-state index is -0.835. The predicted octanol–water partition coefficient (Wildman–Crippen LogP) is 3.22. The number of allylic oxidation sites excluding steroid dienone is 1. The van der Waals surface area contributed by atoms with Gasteiger partial charge < -0.3 is 10.1 Å². The summed E-state index contributed by atoms with van der Waals surface area (Å²) in [5, 5.41) is 18.8. The van der Waals surface area contributed by atoms with Gasteiger partial charge in [0.25, 0.3) is 5.69 Å². The number of para-hydroxylation sites is 1. The fourth-order valence-corrected chi connectivity index (χ4v) is 3.33. The van der Waals surface area contributed by atoms with E-state index in [1.165, 1.54) is 17.1 Å². The SMILES string of the molecule is CC1=C(C(=O)OCc2ccccc2)C(c2ccccc2[N+](=O)[O-])n2ncnc2N1. The lowest BCUT2D eigenvalue weighted by molar-refractivity contribution is -0.385. The third-order valence-electron chi connectivity index (χ3n) is 4.66. The summed E-state index contributed by atoms with van der Waals surface area (Å²) in [7, 11) is 0. The number of benzene rings is 2. The Bertz CT molecular complexity index is 1110. The number of carbonyl (C=O) groups excluding carboxylic acids is 1. The molecule has 1 N–H and O–H groups in total. The van der Waals surface area contributed by atoms with Crippen molar-refractivity contribution in [2.75, 3.05) is 5.32 Å². The Kier molecular flexibility index (Phi) is 4.78. The van der Waals surface area contributed by atoms with Crippen LogP contribution in [0.5, 0.6) is 0 Å². The van der Waals surface area contributed by atoms with E-state index in [-0.39, 0.29) is 17.9 Å². The number of esters is 1. The molecule has 2 aromatic carbocycles. The molecule has 0 aliphatic carbocycles. The first-order chi connectivity index (χ1) is 14.1. The first-order valence-electron chi connectivity index (χ1n) is 8.88. The maximum absolute atomic E-state index is 13.0. The van der Waals surface area contributed by atoms with Crippen LogP contribution >= 0.6 is 0 Å². The molecule has 1 unspecified atom stereocenters. The number of nitrogens with zero attached hydrogens (tertiary/aromatic N) is 4. The highest BCUT2D eigenvalue weighted by Crippen LogP contribution is 2.38. The van der Waals surface area contributed by atoms with Gasteiger partial charge in [-0.15, -0.1) is 0 Å². The molecule has 0 fully saturated rings. The first-order valence-corrected chi connectivity index (χ1v) is 8.88. The minimum absolute atomic E-state index is 0.0876. The van der Waals surface area contributed by atoms with Crippen molar-refractivity contribution < 1.29 is 14.5 Å². The molecule has 2 heterocycles. The molecule has 9 heteroatoms. The topological polar surface area (TPSA) is 112 Å². The van der Waals surface area contributed by atoms with E-state index in [0.717, 1.165) is 5.56 Å².